The molecule has 2 aromatic heterocycles. The minimum Gasteiger partial charge on any atom is -0.344 e. The quantitative estimate of drug-likeness (QED) is 0.664. The lowest BCUT2D eigenvalue weighted by Gasteiger charge is -2.32. The molecule has 2 atom stereocenters. The minimum atomic E-state index is 0.603. The van der Waals surface area contributed by atoms with Crippen LogP contribution in [0.15, 0.2) is 36.5 Å². The van der Waals surface area contributed by atoms with Gasteiger partial charge in [0, 0.05) is 60.0 Å². The zero-order chi connectivity index (χ0) is 18.5. The average Bonchev–Trinajstić information content (AvgIpc) is 3.10. The van der Waals surface area contributed by atoms with Crippen LogP contribution in [-0.4, -0.2) is 27.5 Å². The fourth-order valence-corrected chi connectivity index (χ4v) is 5.26. The van der Waals surface area contributed by atoms with Crippen molar-refractivity contribution in [3.63, 3.8) is 0 Å². The van der Waals surface area contributed by atoms with Gasteiger partial charge in [-0.2, -0.15) is 0 Å². The van der Waals surface area contributed by atoms with E-state index in [1.807, 2.05) is 6.20 Å². The molecule has 27 heavy (non-hydrogen) atoms. The Balaban J connectivity index is 1.55. The van der Waals surface area contributed by atoms with Crippen molar-refractivity contribution in [2.75, 3.05) is 7.05 Å². The van der Waals surface area contributed by atoms with Gasteiger partial charge in [-0.3, -0.25) is 9.88 Å². The van der Waals surface area contributed by atoms with Crippen molar-refractivity contribution in [1.29, 1.82) is 0 Å². The van der Waals surface area contributed by atoms with E-state index in [1.165, 1.54) is 47.0 Å². The highest BCUT2D eigenvalue weighted by atomic mass is 15.2. The maximum Gasteiger partial charge on any atom is 0.0486 e. The van der Waals surface area contributed by atoms with Crippen LogP contribution in [0.2, 0.25) is 0 Å². The van der Waals surface area contributed by atoms with Crippen LogP contribution in [0.3, 0.4) is 0 Å². The molecule has 3 aromatic rings. The van der Waals surface area contributed by atoms with Crippen LogP contribution in [0.25, 0.3) is 10.9 Å². The summed E-state index contributed by atoms with van der Waals surface area (Å²) >= 11 is 0. The lowest BCUT2D eigenvalue weighted by atomic mass is 9.97. The summed E-state index contributed by atoms with van der Waals surface area (Å²) in [5.41, 5.74) is 8.49. The fraction of sp³-hybridized carbons (Fsp3) is 0.458. The molecule has 0 N–H and O–H groups in total. The summed E-state index contributed by atoms with van der Waals surface area (Å²) in [5.74, 6) is 0. The number of benzene rings is 1. The van der Waals surface area contributed by atoms with Crippen molar-refractivity contribution in [3.05, 3.63) is 64.6 Å². The molecule has 0 radical (unpaired) electrons. The van der Waals surface area contributed by atoms with Gasteiger partial charge < -0.3 is 4.57 Å². The summed E-state index contributed by atoms with van der Waals surface area (Å²) in [7, 11) is 2.32. The Labute approximate surface area is 162 Å². The zero-order valence-corrected chi connectivity index (χ0v) is 16.7. The topological polar surface area (TPSA) is 21.1 Å². The van der Waals surface area contributed by atoms with E-state index >= 15 is 0 Å². The molecule has 0 unspecified atom stereocenters. The summed E-state index contributed by atoms with van der Waals surface area (Å²) in [4.78, 5) is 7.31. The van der Waals surface area contributed by atoms with Gasteiger partial charge in [0.05, 0.1) is 0 Å². The Bertz CT molecular complexity index is 983. The molecule has 0 aliphatic carbocycles. The SMILES string of the molecule is CCc1ccc(CCn2c3c(c4cc(C)ccc42)[C@H]2CC[C@@H](C3)N2C)nc1. The number of rotatable bonds is 4. The monoisotopic (exact) mass is 359 g/mol. The van der Waals surface area contributed by atoms with E-state index in [1.54, 1.807) is 11.3 Å². The molecule has 1 aromatic carbocycles. The van der Waals surface area contributed by atoms with Crippen LogP contribution in [0, 0.1) is 6.92 Å². The Morgan fingerprint density at radius 1 is 1.15 bits per heavy atom. The van der Waals surface area contributed by atoms with Crippen LogP contribution >= 0.6 is 0 Å². The number of likely N-dealkylation sites (N-methyl/N-ethyl adjacent to an activating group) is 1. The highest BCUT2D eigenvalue weighted by Crippen LogP contribution is 2.46. The number of fused-ring (bicyclic) bond motifs is 6. The third-order valence-corrected chi connectivity index (χ3v) is 6.86. The van der Waals surface area contributed by atoms with Gasteiger partial charge >= 0.3 is 0 Å². The van der Waals surface area contributed by atoms with Crippen molar-refractivity contribution >= 4 is 10.9 Å². The van der Waals surface area contributed by atoms with Crippen molar-refractivity contribution in [2.45, 2.75) is 64.6 Å². The number of aryl methyl sites for hydroxylation is 4. The van der Waals surface area contributed by atoms with Gasteiger partial charge in [0.2, 0.25) is 0 Å². The smallest absolute Gasteiger partial charge is 0.0486 e. The van der Waals surface area contributed by atoms with Gasteiger partial charge in [-0.25, -0.2) is 0 Å². The molecule has 5 rings (SSSR count). The Morgan fingerprint density at radius 3 is 2.81 bits per heavy atom. The van der Waals surface area contributed by atoms with Gasteiger partial charge in [-0.15, -0.1) is 0 Å². The van der Waals surface area contributed by atoms with Crippen molar-refractivity contribution in [3.8, 4) is 0 Å². The van der Waals surface area contributed by atoms with Gasteiger partial charge in [-0.1, -0.05) is 24.6 Å². The second kappa shape index (κ2) is 6.49. The first-order valence-corrected chi connectivity index (χ1v) is 10.4. The molecule has 3 heteroatoms. The summed E-state index contributed by atoms with van der Waals surface area (Å²) in [6.45, 7) is 5.42. The fourth-order valence-electron chi connectivity index (χ4n) is 5.26. The Kier molecular flexibility index (Phi) is 4.08. The second-order valence-electron chi connectivity index (χ2n) is 8.41. The molecule has 1 saturated heterocycles. The number of nitrogens with zero attached hydrogens (tertiary/aromatic N) is 3. The van der Waals surface area contributed by atoms with Crippen LogP contribution in [0.1, 0.15) is 53.9 Å². The van der Waals surface area contributed by atoms with E-state index in [0.29, 0.717) is 12.1 Å². The predicted molar refractivity (Wildman–Crippen MR) is 111 cm³/mol. The summed E-state index contributed by atoms with van der Waals surface area (Å²) in [6, 6.07) is 12.8. The van der Waals surface area contributed by atoms with Crippen molar-refractivity contribution in [2.24, 2.45) is 0 Å². The molecule has 4 heterocycles. The third-order valence-electron chi connectivity index (χ3n) is 6.86. The van der Waals surface area contributed by atoms with Crippen molar-refractivity contribution < 1.29 is 0 Å². The van der Waals surface area contributed by atoms with Crippen LogP contribution < -0.4 is 0 Å². The van der Waals surface area contributed by atoms with Crippen LogP contribution in [-0.2, 0) is 25.8 Å². The third kappa shape index (κ3) is 2.71. The first-order chi connectivity index (χ1) is 13.2. The average molecular weight is 360 g/mol. The molecule has 140 valence electrons. The largest absolute Gasteiger partial charge is 0.344 e. The molecule has 3 nitrogen and oxygen atoms in total. The first-order valence-electron chi connectivity index (χ1n) is 10.4. The molecule has 0 amide bonds. The molecular formula is C24H29N3. The second-order valence-corrected chi connectivity index (χ2v) is 8.41. The lowest BCUT2D eigenvalue weighted by molar-refractivity contribution is 0.222. The van der Waals surface area contributed by atoms with E-state index in [-0.39, 0.29) is 0 Å². The molecule has 1 fully saturated rings. The number of hydrogen-bond donors (Lipinski definition) is 0. The summed E-state index contributed by atoms with van der Waals surface area (Å²) in [5, 5.41) is 1.48. The van der Waals surface area contributed by atoms with Crippen LogP contribution in [0.5, 0.6) is 0 Å². The zero-order valence-electron chi connectivity index (χ0n) is 16.7. The van der Waals surface area contributed by atoms with E-state index in [9.17, 15) is 0 Å². The first kappa shape index (κ1) is 17.0. The standard InChI is InChI=1S/C24H29N3/c1-4-17-6-7-18(25-15-17)11-12-27-21-9-5-16(2)13-20(21)24-22-10-8-19(26(22)3)14-23(24)27/h5-7,9,13,15,19,22H,4,8,10-12,14H2,1-3H3/t19-,22+/m0/s1. The summed E-state index contributed by atoms with van der Waals surface area (Å²) < 4.78 is 2.61. The number of hydrogen-bond acceptors (Lipinski definition) is 2. The Hall–Kier alpha value is -2.13. The van der Waals surface area contributed by atoms with E-state index in [0.717, 1.165) is 19.4 Å². The maximum absolute atomic E-state index is 4.69. The van der Waals surface area contributed by atoms with Gasteiger partial charge in [0.25, 0.3) is 0 Å². The number of pyridine rings is 1. The van der Waals surface area contributed by atoms with Gasteiger partial charge in [0.1, 0.15) is 0 Å². The Morgan fingerprint density at radius 2 is 2.04 bits per heavy atom. The molecule has 2 bridgehead atoms. The molecular weight excluding hydrogens is 330 g/mol. The maximum atomic E-state index is 4.69. The minimum absolute atomic E-state index is 0.603. The predicted octanol–water partition coefficient (Wildman–Crippen LogP) is 4.84. The highest BCUT2D eigenvalue weighted by molar-refractivity contribution is 5.87. The van der Waals surface area contributed by atoms with Crippen molar-refractivity contribution in [1.82, 2.24) is 14.5 Å². The highest BCUT2D eigenvalue weighted by Gasteiger charge is 2.40. The summed E-state index contributed by atoms with van der Waals surface area (Å²) in [6.07, 6.45) is 7.93. The van der Waals surface area contributed by atoms with E-state index < -0.39 is 0 Å². The normalized spacial score (nSPS) is 21.7. The number of aromatic nitrogens is 2. The molecule has 2 aliphatic rings. The van der Waals surface area contributed by atoms with Crippen LogP contribution in [0.4, 0.5) is 0 Å². The molecule has 0 saturated carbocycles. The van der Waals surface area contributed by atoms with E-state index in [2.05, 4.69) is 65.7 Å². The van der Waals surface area contributed by atoms with Gasteiger partial charge in [-0.05, 0) is 62.6 Å². The molecule has 2 aliphatic heterocycles. The van der Waals surface area contributed by atoms with Gasteiger partial charge in [0.15, 0.2) is 0 Å². The lowest BCUT2D eigenvalue weighted by Crippen LogP contribution is -2.34. The molecule has 0 spiro atoms. The van der Waals surface area contributed by atoms with E-state index in [4.69, 9.17) is 0 Å².